The van der Waals surface area contributed by atoms with Gasteiger partial charge in [0.15, 0.2) is 0 Å². The SMILES string of the molecule is Cc1cc(C)n(Cc2ccc(Cl)c(Cl)c2)c1C(=O)O. The third-order valence-electron chi connectivity index (χ3n) is 3.02. The van der Waals surface area contributed by atoms with Crippen LogP contribution in [-0.4, -0.2) is 15.6 Å². The number of hydrogen-bond donors (Lipinski definition) is 1. The fourth-order valence-corrected chi connectivity index (χ4v) is 2.48. The van der Waals surface area contributed by atoms with Crippen molar-refractivity contribution in [1.82, 2.24) is 4.57 Å². The lowest BCUT2D eigenvalue weighted by molar-refractivity contribution is 0.0684. The van der Waals surface area contributed by atoms with E-state index in [0.29, 0.717) is 22.3 Å². The van der Waals surface area contributed by atoms with E-state index in [1.165, 1.54) is 0 Å². The van der Waals surface area contributed by atoms with Crippen molar-refractivity contribution in [3.63, 3.8) is 0 Å². The van der Waals surface area contributed by atoms with Crippen molar-refractivity contribution < 1.29 is 9.90 Å². The minimum atomic E-state index is -0.925. The number of aromatic nitrogens is 1. The Morgan fingerprint density at radius 3 is 2.47 bits per heavy atom. The first-order valence-electron chi connectivity index (χ1n) is 5.74. The molecule has 0 amide bonds. The summed E-state index contributed by atoms with van der Waals surface area (Å²) in [6.45, 7) is 4.14. The quantitative estimate of drug-likeness (QED) is 0.924. The molecule has 1 N–H and O–H groups in total. The maximum absolute atomic E-state index is 11.3. The van der Waals surface area contributed by atoms with Crippen molar-refractivity contribution in [2.75, 3.05) is 0 Å². The number of carboxylic acid groups (broad SMARTS) is 1. The summed E-state index contributed by atoms with van der Waals surface area (Å²) in [5.41, 5.74) is 2.88. The normalized spacial score (nSPS) is 10.7. The Bertz CT molecular complexity index is 647. The first kappa shape index (κ1) is 14.0. The molecule has 0 saturated heterocycles. The van der Waals surface area contributed by atoms with Crippen LogP contribution in [0.2, 0.25) is 10.0 Å². The maximum Gasteiger partial charge on any atom is 0.352 e. The van der Waals surface area contributed by atoms with Gasteiger partial charge in [-0.15, -0.1) is 0 Å². The Hall–Kier alpha value is -1.45. The zero-order valence-electron chi connectivity index (χ0n) is 10.6. The molecule has 0 aliphatic carbocycles. The molecular formula is C14H13Cl2NO2. The van der Waals surface area contributed by atoms with Gasteiger partial charge in [-0.05, 0) is 43.2 Å². The topological polar surface area (TPSA) is 42.2 Å². The molecule has 2 rings (SSSR count). The van der Waals surface area contributed by atoms with Crippen molar-refractivity contribution >= 4 is 29.2 Å². The van der Waals surface area contributed by atoms with Crippen LogP contribution in [0.5, 0.6) is 0 Å². The summed E-state index contributed by atoms with van der Waals surface area (Å²) >= 11 is 11.8. The first-order valence-corrected chi connectivity index (χ1v) is 6.49. The average Bonchev–Trinajstić information content (AvgIpc) is 2.59. The Balaban J connectivity index is 2.43. The number of benzene rings is 1. The summed E-state index contributed by atoms with van der Waals surface area (Å²) in [6.07, 6.45) is 0. The maximum atomic E-state index is 11.3. The fourth-order valence-electron chi connectivity index (χ4n) is 2.16. The molecule has 5 heteroatoms. The van der Waals surface area contributed by atoms with E-state index in [-0.39, 0.29) is 0 Å². The van der Waals surface area contributed by atoms with Gasteiger partial charge in [-0.1, -0.05) is 29.3 Å². The van der Waals surface area contributed by atoms with Crippen molar-refractivity contribution in [3.05, 3.63) is 56.8 Å². The van der Waals surface area contributed by atoms with E-state index in [4.69, 9.17) is 23.2 Å². The molecule has 3 nitrogen and oxygen atoms in total. The second-order valence-corrected chi connectivity index (χ2v) is 5.27. The highest BCUT2D eigenvalue weighted by molar-refractivity contribution is 6.42. The predicted molar refractivity (Wildman–Crippen MR) is 76.4 cm³/mol. The van der Waals surface area contributed by atoms with Gasteiger partial charge in [-0.2, -0.15) is 0 Å². The number of aromatic carboxylic acids is 1. The molecule has 0 radical (unpaired) electrons. The van der Waals surface area contributed by atoms with Crippen LogP contribution >= 0.6 is 23.2 Å². The van der Waals surface area contributed by atoms with E-state index in [1.54, 1.807) is 23.6 Å². The van der Waals surface area contributed by atoms with Gasteiger partial charge >= 0.3 is 5.97 Å². The van der Waals surface area contributed by atoms with Crippen LogP contribution in [0.15, 0.2) is 24.3 Å². The highest BCUT2D eigenvalue weighted by Crippen LogP contribution is 2.24. The molecule has 100 valence electrons. The van der Waals surface area contributed by atoms with Crippen LogP contribution in [0, 0.1) is 13.8 Å². The van der Waals surface area contributed by atoms with Crippen LogP contribution in [0.1, 0.15) is 27.3 Å². The monoisotopic (exact) mass is 297 g/mol. The number of carbonyl (C=O) groups is 1. The smallest absolute Gasteiger partial charge is 0.352 e. The standard InChI is InChI=1S/C14H13Cl2NO2/c1-8-5-9(2)17(13(8)14(18)19)7-10-3-4-11(15)12(16)6-10/h3-6H,7H2,1-2H3,(H,18,19). The lowest BCUT2D eigenvalue weighted by Crippen LogP contribution is -2.11. The van der Waals surface area contributed by atoms with Gasteiger partial charge in [0, 0.05) is 12.2 Å². The van der Waals surface area contributed by atoms with E-state index >= 15 is 0 Å². The molecule has 0 aliphatic heterocycles. The molecule has 19 heavy (non-hydrogen) atoms. The van der Waals surface area contributed by atoms with E-state index in [0.717, 1.165) is 16.8 Å². The minimum absolute atomic E-state index is 0.309. The second kappa shape index (κ2) is 5.27. The van der Waals surface area contributed by atoms with Gasteiger partial charge in [0.1, 0.15) is 5.69 Å². The van der Waals surface area contributed by atoms with Crippen molar-refractivity contribution in [3.8, 4) is 0 Å². The minimum Gasteiger partial charge on any atom is -0.477 e. The summed E-state index contributed by atoms with van der Waals surface area (Å²) in [5, 5.41) is 10.2. The highest BCUT2D eigenvalue weighted by atomic mass is 35.5. The Morgan fingerprint density at radius 2 is 1.89 bits per heavy atom. The molecule has 0 unspecified atom stereocenters. The Morgan fingerprint density at radius 1 is 1.21 bits per heavy atom. The van der Waals surface area contributed by atoms with Gasteiger partial charge in [-0.25, -0.2) is 4.79 Å². The summed E-state index contributed by atoms with van der Waals surface area (Å²) in [4.78, 5) is 11.3. The molecule has 0 fully saturated rings. The lowest BCUT2D eigenvalue weighted by atomic mass is 10.2. The lowest BCUT2D eigenvalue weighted by Gasteiger charge is -2.10. The van der Waals surface area contributed by atoms with Gasteiger partial charge in [-0.3, -0.25) is 0 Å². The van der Waals surface area contributed by atoms with Crippen LogP contribution < -0.4 is 0 Å². The summed E-state index contributed by atoms with van der Waals surface area (Å²) < 4.78 is 1.76. The molecule has 0 saturated carbocycles. The predicted octanol–water partition coefficient (Wildman–Crippen LogP) is 4.16. The highest BCUT2D eigenvalue weighted by Gasteiger charge is 2.16. The van der Waals surface area contributed by atoms with E-state index < -0.39 is 5.97 Å². The number of hydrogen-bond acceptors (Lipinski definition) is 1. The molecule has 1 aromatic carbocycles. The zero-order valence-corrected chi connectivity index (χ0v) is 12.1. The number of halogens is 2. The first-order chi connectivity index (χ1) is 8.90. The van der Waals surface area contributed by atoms with Crippen molar-refractivity contribution in [1.29, 1.82) is 0 Å². The van der Waals surface area contributed by atoms with E-state index in [1.807, 2.05) is 19.1 Å². The van der Waals surface area contributed by atoms with Crippen LogP contribution in [0.25, 0.3) is 0 Å². The second-order valence-electron chi connectivity index (χ2n) is 4.46. The number of rotatable bonds is 3. The van der Waals surface area contributed by atoms with Crippen LogP contribution in [-0.2, 0) is 6.54 Å². The van der Waals surface area contributed by atoms with E-state index in [9.17, 15) is 9.90 Å². The summed E-state index contributed by atoms with van der Waals surface area (Å²) in [7, 11) is 0. The molecule has 0 bridgehead atoms. The number of carboxylic acids is 1. The zero-order chi connectivity index (χ0) is 14.2. The summed E-state index contributed by atoms with van der Waals surface area (Å²) in [6, 6.07) is 7.17. The van der Waals surface area contributed by atoms with Crippen LogP contribution in [0.4, 0.5) is 0 Å². The van der Waals surface area contributed by atoms with Gasteiger partial charge < -0.3 is 9.67 Å². The molecule has 1 aromatic heterocycles. The molecule has 2 aromatic rings. The molecule has 0 spiro atoms. The van der Waals surface area contributed by atoms with Gasteiger partial charge in [0.2, 0.25) is 0 Å². The Labute approximate surface area is 121 Å². The number of aryl methyl sites for hydroxylation is 2. The molecular weight excluding hydrogens is 285 g/mol. The van der Waals surface area contributed by atoms with E-state index in [2.05, 4.69) is 0 Å². The molecule has 0 atom stereocenters. The summed E-state index contributed by atoms with van der Waals surface area (Å²) in [5.74, 6) is -0.925. The number of nitrogens with zero attached hydrogens (tertiary/aromatic N) is 1. The van der Waals surface area contributed by atoms with Gasteiger partial charge in [0.05, 0.1) is 10.0 Å². The molecule has 1 heterocycles. The van der Waals surface area contributed by atoms with Crippen molar-refractivity contribution in [2.24, 2.45) is 0 Å². The third-order valence-corrected chi connectivity index (χ3v) is 3.76. The van der Waals surface area contributed by atoms with Crippen molar-refractivity contribution in [2.45, 2.75) is 20.4 Å². The average molecular weight is 298 g/mol. The van der Waals surface area contributed by atoms with Crippen LogP contribution in [0.3, 0.4) is 0 Å². The van der Waals surface area contributed by atoms with Gasteiger partial charge in [0.25, 0.3) is 0 Å². The fraction of sp³-hybridized carbons (Fsp3) is 0.214. The molecule has 0 aliphatic rings. The largest absolute Gasteiger partial charge is 0.477 e. The third kappa shape index (κ3) is 2.77. The Kier molecular flexibility index (Phi) is 3.88.